The summed E-state index contributed by atoms with van der Waals surface area (Å²) < 4.78 is 11.9. The van der Waals surface area contributed by atoms with Gasteiger partial charge in [0.05, 0.1) is 16.7 Å². The topological polar surface area (TPSA) is 123 Å². The van der Waals surface area contributed by atoms with Gasteiger partial charge in [-0.1, -0.05) is 24.3 Å². The Kier molecular flexibility index (Phi) is 7.79. The first-order chi connectivity index (χ1) is 21.0. The first kappa shape index (κ1) is 27.6. The number of nitrogens with zero attached hydrogens (tertiary/aromatic N) is 3. The minimum atomic E-state index is -0.437. The Bertz CT molecular complexity index is 1740. The van der Waals surface area contributed by atoms with Crippen LogP contribution in [0.15, 0.2) is 120 Å². The molecule has 0 aliphatic carbocycles. The lowest BCUT2D eigenvalue weighted by Crippen LogP contribution is -2.29. The summed E-state index contributed by atoms with van der Waals surface area (Å²) in [6.07, 6.45) is 1.73. The summed E-state index contributed by atoms with van der Waals surface area (Å²) in [7, 11) is 0. The molecule has 0 unspecified atom stereocenters. The fourth-order valence-corrected chi connectivity index (χ4v) is 5.25. The predicted octanol–water partition coefficient (Wildman–Crippen LogP) is 6.44. The molecule has 2 atom stereocenters. The zero-order chi connectivity index (χ0) is 29.8. The first-order valence-electron chi connectivity index (χ1n) is 13.4. The van der Waals surface area contributed by atoms with Gasteiger partial charge in [0, 0.05) is 35.3 Å². The van der Waals surface area contributed by atoms with Crippen LogP contribution in [0.5, 0.6) is 5.75 Å². The van der Waals surface area contributed by atoms with Gasteiger partial charge in [-0.05, 0) is 85.0 Å². The number of benzene rings is 3. The summed E-state index contributed by atoms with van der Waals surface area (Å²) in [5, 5.41) is 17.8. The molecule has 1 saturated heterocycles. The Labute approximate surface area is 252 Å². The molecule has 0 radical (unpaired) electrons. The third-order valence-corrected chi connectivity index (χ3v) is 7.24. The van der Waals surface area contributed by atoms with Gasteiger partial charge >= 0.3 is 0 Å². The van der Waals surface area contributed by atoms with Gasteiger partial charge in [0.2, 0.25) is 0 Å². The number of hydrogen-bond donors (Lipinski definition) is 2. The molecule has 2 aromatic heterocycles. The summed E-state index contributed by atoms with van der Waals surface area (Å²) in [6, 6.07) is 31.4. The molecular formula is C32H25N5O5S. The molecule has 1 aliphatic rings. The summed E-state index contributed by atoms with van der Waals surface area (Å²) >= 11 is 5.79. The third-order valence-electron chi connectivity index (χ3n) is 6.92. The Hall–Kier alpha value is -5.55. The fourth-order valence-electron chi connectivity index (χ4n) is 4.90. The highest BCUT2D eigenvalue weighted by Crippen LogP contribution is 2.43. The quantitative estimate of drug-likeness (QED) is 0.113. The lowest BCUT2D eigenvalue weighted by Gasteiger charge is -2.26. The number of carbonyl (C=O) groups is 1. The molecule has 6 rings (SSSR count). The summed E-state index contributed by atoms with van der Waals surface area (Å²) in [5.41, 5.74) is 2.90. The number of furan rings is 1. The van der Waals surface area contributed by atoms with Crippen molar-refractivity contribution >= 4 is 40.3 Å². The zero-order valence-corrected chi connectivity index (χ0v) is 23.4. The second kappa shape index (κ2) is 12.1. The van der Waals surface area contributed by atoms with E-state index < -0.39 is 11.0 Å². The molecule has 1 aliphatic heterocycles. The smallest absolute Gasteiger partial charge is 0.269 e. The van der Waals surface area contributed by atoms with E-state index in [1.807, 2.05) is 65.6 Å². The predicted molar refractivity (Wildman–Crippen MR) is 166 cm³/mol. The van der Waals surface area contributed by atoms with Crippen LogP contribution in [-0.2, 0) is 4.79 Å². The number of para-hydroxylation sites is 1. The van der Waals surface area contributed by atoms with Gasteiger partial charge in [-0.15, -0.1) is 0 Å². The van der Waals surface area contributed by atoms with Gasteiger partial charge in [-0.25, -0.2) is 0 Å². The molecule has 0 saturated carbocycles. The molecule has 3 aromatic carbocycles. The van der Waals surface area contributed by atoms with Crippen molar-refractivity contribution in [3.8, 4) is 17.1 Å². The number of rotatable bonds is 9. The largest absolute Gasteiger partial charge is 0.484 e. The van der Waals surface area contributed by atoms with E-state index in [0.29, 0.717) is 33.6 Å². The van der Waals surface area contributed by atoms with Gasteiger partial charge in [-0.2, -0.15) is 0 Å². The maximum absolute atomic E-state index is 12.5. The second-order valence-corrected chi connectivity index (χ2v) is 10.1. The van der Waals surface area contributed by atoms with Gasteiger partial charge < -0.3 is 24.7 Å². The summed E-state index contributed by atoms with van der Waals surface area (Å²) in [5.74, 6) is 1.54. The van der Waals surface area contributed by atoms with E-state index in [2.05, 4.69) is 15.6 Å². The van der Waals surface area contributed by atoms with E-state index in [1.165, 1.54) is 12.1 Å². The van der Waals surface area contributed by atoms with E-state index in [9.17, 15) is 14.9 Å². The molecule has 0 bridgehead atoms. The molecule has 0 spiro atoms. The number of nitrogens with one attached hydrogen (secondary N) is 2. The Balaban J connectivity index is 1.25. The average Bonchev–Trinajstić information content (AvgIpc) is 3.66. The molecular weight excluding hydrogens is 566 g/mol. The molecule has 1 fully saturated rings. The average molecular weight is 592 g/mol. The number of nitro groups is 1. The highest BCUT2D eigenvalue weighted by atomic mass is 32.1. The van der Waals surface area contributed by atoms with Crippen LogP contribution in [0.25, 0.3) is 11.3 Å². The number of anilines is 2. The van der Waals surface area contributed by atoms with E-state index in [0.717, 1.165) is 11.4 Å². The number of ether oxygens (including phenoxy) is 1. The molecule has 5 aromatic rings. The summed E-state index contributed by atoms with van der Waals surface area (Å²) in [6.45, 7) is -0.116. The molecule has 1 amide bonds. The maximum Gasteiger partial charge on any atom is 0.269 e. The summed E-state index contributed by atoms with van der Waals surface area (Å²) in [4.78, 5) is 29.6. The molecule has 214 valence electrons. The number of aromatic nitrogens is 1. The van der Waals surface area contributed by atoms with Crippen molar-refractivity contribution in [2.45, 2.75) is 12.1 Å². The Morgan fingerprint density at radius 3 is 2.42 bits per heavy atom. The van der Waals surface area contributed by atoms with Crippen molar-refractivity contribution in [3.63, 3.8) is 0 Å². The molecule has 43 heavy (non-hydrogen) atoms. The number of amides is 1. The lowest BCUT2D eigenvalue weighted by atomic mass is 10.0. The van der Waals surface area contributed by atoms with Crippen molar-refractivity contribution in [2.75, 3.05) is 16.8 Å². The van der Waals surface area contributed by atoms with E-state index in [1.54, 1.807) is 42.6 Å². The number of nitro benzene ring substituents is 1. The van der Waals surface area contributed by atoms with Gasteiger partial charge in [0.25, 0.3) is 11.6 Å². The van der Waals surface area contributed by atoms with Crippen molar-refractivity contribution < 1.29 is 18.9 Å². The highest BCUT2D eigenvalue weighted by Gasteiger charge is 2.42. The van der Waals surface area contributed by atoms with Crippen molar-refractivity contribution in [2.24, 2.45) is 0 Å². The van der Waals surface area contributed by atoms with Crippen molar-refractivity contribution in [1.82, 2.24) is 10.3 Å². The number of carbonyl (C=O) groups excluding carboxylic acids is 1. The fraction of sp³-hybridized carbons (Fsp3) is 0.0938. The first-order valence-corrected chi connectivity index (χ1v) is 13.8. The van der Waals surface area contributed by atoms with Gasteiger partial charge in [0.15, 0.2) is 11.7 Å². The van der Waals surface area contributed by atoms with Crippen LogP contribution in [0.4, 0.5) is 17.1 Å². The monoisotopic (exact) mass is 591 g/mol. The van der Waals surface area contributed by atoms with Crippen LogP contribution < -0.4 is 20.3 Å². The third kappa shape index (κ3) is 6.07. The van der Waals surface area contributed by atoms with Crippen LogP contribution in [0, 0.1) is 10.1 Å². The number of pyridine rings is 1. The van der Waals surface area contributed by atoms with Crippen molar-refractivity contribution in [1.29, 1.82) is 0 Å². The maximum atomic E-state index is 12.5. The van der Waals surface area contributed by atoms with E-state index in [-0.39, 0.29) is 24.2 Å². The number of non-ortho nitro benzene ring substituents is 1. The van der Waals surface area contributed by atoms with Crippen molar-refractivity contribution in [3.05, 3.63) is 137 Å². The SMILES string of the molecule is O=C(COc1ccccc1)Nc1ccc(N2C(=S)N[C@H](c3ccccn3)[C@@H]2c2ccc(-c3ccc([N+](=O)[O-])cc3)o2)cc1. The normalized spacial score (nSPS) is 16.0. The Morgan fingerprint density at radius 2 is 1.72 bits per heavy atom. The van der Waals surface area contributed by atoms with Crippen LogP contribution in [0.2, 0.25) is 0 Å². The van der Waals surface area contributed by atoms with Gasteiger partial charge in [0.1, 0.15) is 23.3 Å². The molecule has 10 nitrogen and oxygen atoms in total. The second-order valence-electron chi connectivity index (χ2n) is 9.70. The zero-order valence-electron chi connectivity index (χ0n) is 22.6. The number of thiocarbonyl (C=S) groups is 1. The number of hydrogen-bond acceptors (Lipinski definition) is 7. The minimum Gasteiger partial charge on any atom is -0.484 e. The standard InChI is InChI=1S/C32H25N5O5S/c38-29(20-41-25-6-2-1-3-7-25)34-22-11-15-23(16-12-22)36-31(30(35-32(36)43)26-8-4-5-19-33-26)28-18-17-27(42-28)21-9-13-24(14-10-21)37(39)40/h1-19,30-31H,20H2,(H,34,38)(H,35,43)/t30-,31+/m1/s1. The highest BCUT2D eigenvalue weighted by molar-refractivity contribution is 7.80. The van der Waals surface area contributed by atoms with E-state index >= 15 is 0 Å². The van der Waals surface area contributed by atoms with Crippen LogP contribution >= 0.6 is 12.2 Å². The molecule has 11 heteroatoms. The van der Waals surface area contributed by atoms with Crippen LogP contribution in [0.3, 0.4) is 0 Å². The van der Waals surface area contributed by atoms with Crippen LogP contribution in [0.1, 0.15) is 23.5 Å². The minimum absolute atomic E-state index is 0.00520. The van der Waals surface area contributed by atoms with E-state index in [4.69, 9.17) is 21.4 Å². The molecule has 3 heterocycles. The van der Waals surface area contributed by atoms with Gasteiger partial charge in [-0.3, -0.25) is 19.9 Å². The lowest BCUT2D eigenvalue weighted by molar-refractivity contribution is -0.384. The molecule has 2 N–H and O–H groups in total. The Morgan fingerprint density at radius 1 is 0.977 bits per heavy atom. The van der Waals surface area contributed by atoms with Crippen LogP contribution in [-0.4, -0.2) is 27.5 Å².